The van der Waals surface area contributed by atoms with Crippen LogP contribution in [-0.2, 0) is 10.0 Å². The van der Waals surface area contributed by atoms with Crippen molar-refractivity contribution in [2.45, 2.75) is 11.8 Å². The molecule has 0 atom stereocenters. The molecule has 0 saturated heterocycles. The maximum Gasteiger partial charge on any atom is 1.00 e. The quantitative estimate of drug-likeness (QED) is 0.372. The smallest absolute Gasteiger partial charge is 0.560 e. The monoisotopic (exact) mass is 236 g/mol. The van der Waals surface area contributed by atoms with E-state index in [0.717, 1.165) is 6.07 Å². The predicted octanol–water partition coefficient (Wildman–Crippen LogP) is -1.78. The van der Waals surface area contributed by atoms with Crippen molar-refractivity contribution >= 4 is 21.5 Å². The van der Waals surface area contributed by atoms with Crippen LogP contribution in [0.3, 0.4) is 0 Å². The van der Waals surface area contributed by atoms with Crippen LogP contribution in [0.5, 0.6) is 0 Å². The van der Waals surface area contributed by atoms with Crippen LogP contribution in [0, 0.1) is 0 Å². The van der Waals surface area contributed by atoms with Crippen molar-refractivity contribution in [2.75, 3.05) is 5.73 Å². The van der Waals surface area contributed by atoms with Crippen molar-refractivity contribution in [3.05, 3.63) is 28.9 Å². The summed E-state index contributed by atoms with van der Waals surface area (Å²) in [6.07, 6.45) is 0. The van der Waals surface area contributed by atoms with E-state index in [1.54, 1.807) is 0 Å². The van der Waals surface area contributed by atoms with Crippen molar-refractivity contribution in [3.63, 3.8) is 0 Å². The zero-order valence-corrected chi connectivity index (χ0v) is 11.3. The second-order valence-electron chi connectivity index (χ2n) is 2.82. The van der Waals surface area contributed by atoms with E-state index in [1.807, 2.05) is 0 Å². The van der Waals surface area contributed by atoms with Gasteiger partial charge >= 0.3 is 29.6 Å². The van der Waals surface area contributed by atoms with Crippen LogP contribution < -0.4 is 35.3 Å². The minimum atomic E-state index is -4.12. The van der Waals surface area contributed by atoms with Crippen molar-refractivity contribution < 1.29 is 42.8 Å². The Hall–Kier alpha value is -0.400. The summed E-state index contributed by atoms with van der Waals surface area (Å²) in [5, 5.41) is 6.86. The number of rotatable bonds is 2. The Balaban J connectivity index is 0.00000196. The average Bonchev–Trinajstić information content (AvgIpc) is 2.01. The molecule has 0 aliphatic heterocycles. The first kappa shape index (κ1) is 14.6. The second-order valence-corrected chi connectivity index (χ2v) is 4.26. The molecule has 7 heteroatoms. The van der Waals surface area contributed by atoms with E-state index in [4.69, 9.17) is 10.9 Å². The van der Waals surface area contributed by atoms with Crippen LogP contribution >= 0.6 is 0 Å². The third-order valence-corrected chi connectivity index (χ3v) is 2.61. The largest absolute Gasteiger partial charge is 1.00 e. The van der Waals surface area contributed by atoms with E-state index in [0.29, 0.717) is 5.69 Å². The number of anilines is 1. The van der Waals surface area contributed by atoms with Crippen LogP contribution in [0.25, 0.3) is 5.14 Å². The number of carbonyl (C=O) groups is 1. The zero-order chi connectivity index (χ0) is 10.9. The molecular formula is C8H9N2NaO3S. The van der Waals surface area contributed by atoms with Crippen molar-refractivity contribution in [2.24, 2.45) is 0 Å². The molecule has 0 amide bonds. The number of nitrogens with one attached hydrogen (secondary N) is 1. The van der Waals surface area contributed by atoms with Gasteiger partial charge in [-0.2, -0.15) is 0 Å². The molecule has 0 fully saturated rings. The molecule has 1 aromatic carbocycles. The Morgan fingerprint density at radius 3 is 2.33 bits per heavy atom. The first-order valence-corrected chi connectivity index (χ1v) is 5.21. The molecule has 1 rings (SSSR count). The molecule has 5 nitrogen and oxygen atoms in total. The number of carbonyl (C=O) groups excluding carboxylic acids is 1. The fourth-order valence-electron chi connectivity index (χ4n) is 1.06. The van der Waals surface area contributed by atoms with Crippen molar-refractivity contribution in [1.29, 1.82) is 0 Å². The van der Waals surface area contributed by atoms with Gasteiger partial charge in [0.1, 0.15) is 0 Å². The van der Waals surface area contributed by atoms with Crippen LogP contribution in [0.1, 0.15) is 17.3 Å². The number of hydrogen-bond acceptors (Lipinski definition) is 4. The molecular weight excluding hydrogens is 227 g/mol. The summed E-state index contributed by atoms with van der Waals surface area (Å²) >= 11 is 0. The number of nitrogen functional groups attached to an aromatic ring is 1. The van der Waals surface area contributed by atoms with Crippen molar-refractivity contribution in [1.82, 2.24) is 0 Å². The number of nitrogens with two attached hydrogens (primary N) is 1. The van der Waals surface area contributed by atoms with Gasteiger partial charge in [0.05, 0.1) is 14.9 Å². The van der Waals surface area contributed by atoms with E-state index in [2.05, 4.69) is 0 Å². The minimum absolute atomic E-state index is 0. The molecule has 0 radical (unpaired) electrons. The van der Waals surface area contributed by atoms with Gasteiger partial charge in [0, 0.05) is 11.3 Å². The molecule has 0 saturated carbocycles. The topological polar surface area (TPSA) is 101 Å². The number of ketones is 1. The van der Waals surface area contributed by atoms with E-state index in [9.17, 15) is 13.2 Å². The van der Waals surface area contributed by atoms with Crippen LogP contribution in [0.4, 0.5) is 5.69 Å². The third kappa shape index (κ3) is 3.58. The van der Waals surface area contributed by atoms with Gasteiger partial charge in [0.2, 0.25) is 0 Å². The SMILES string of the molecule is CC(=O)c1cc(N)ccc1S([NH-])(=O)=O.[Na+]. The molecule has 0 aliphatic rings. The summed E-state index contributed by atoms with van der Waals surface area (Å²) in [6.45, 7) is 1.23. The summed E-state index contributed by atoms with van der Waals surface area (Å²) in [4.78, 5) is 10.8. The van der Waals surface area contributed by atoms with Gasteiger partial charge < -0.3 is 10.9 Å². The second kappa shape index (κ2) is 5.09. The van der Waals surface area contributed by atoms with Crippen LogP contribution in [0.2, 0.25) is 0 Å². The molecule has 15 heavy (non-hydrogen) atoms. The average molecular weight is 236 g/mol. The number of sulfonamides is 1. The molecule has 1 aromatic rings. The maximum absolute atomic E-state index is 11.1. The standard InChI is InChI=1S/C8H9N2O3S.Na/c1-5(11)7-4-6(9)2-3-8(7)14(10,12)13;/h2-4H,9H2,1H3,(H-,10,12,13);/q-1;+1. The van der Waals surface area contributed by atoms with E-state index >= 15 is 0 Å². The summed E-state index contributed by atoms with van der Waals surface area (Å²) in [7, 11) is -4.12. The number of hydrogen-bond donors (Lipinski definition) is 1. The van der Waals surface area contributed by atoms with E-state index < -0.39 is 15.8 Å². The summed E-state index contributed by atoms with van der Waals surface area (Å²) in [5.41, 5.74) is 5.65. The Morgan fingerprint density at radius 1 is 1.40 bits per heavy atom. The molecule has 76 valence electrons. The zero-order valence-electron chi connectivity index (χ0n) is 8.44. The minimum Gasteiger partial charge on any atom is -0.560 e. The Labute approximate surface area is 110 Å². The molecule has 0 aromatic heterocycles. The van der Waals surface area contributed by atoms with E-state index in [-0.39, 0.29) is 40.0 Å². The van der Waals surface area contributed by atoms with Crippen LogP contribution in [0.15, 0.2) is 23.1 Å². The number of benzene rings is 1. The van der Waals surface area contributed by atoms with Crippen molar-refractivity contribution in [3.8, 4) is 0 Å². The maximum atomic E-state index is 11.1. The molecule has 3 N–H and O–H groups in total. The van der Waals surface area contributed by atoms with Gasteiger partial charge in [-0.15, -0.1) is 0 Å². The molecule has 0 spiro atoms. The van der Waals surface area contributed by atoms with Gasteiger partial charge in [-0.3, -0.25) is 4.79 Å². The Kier molecular flexibility index (Phi) is 4.95. The fourth-order valence-corrected chi connectivity index (χ4v) is 1.80. The molecule has 0 heterocycles. The summed E-state index contributed by atoms with van der Waals surface area (Å²) < 4.78 is 21.9. The summed E-state index contributed by atoms with van der Waals surface area (Å²) in [5.74, 6) is -0.428. The molecule has 0 bridgehead atoms. The van der Waals surface area contributed by atoms with Gasteiger partial charge in [0.15, 0.2) is 5.78 Å². The first-order valence-electron chi connectivity index (χ1n) is 3.72. The Morgan fingerprint density at radius 2 is 1.93 bits per heavy atom. The van der Waals surface area contributed by atoms with Gasteiger partial charge in [-0.25, -0.2) is 8.42 Å². The van der Waals surface area contributed by atoms with Gasteiger partial charge in [0.25, 0.3) is 0 Å². The predicted molar refractivity (Wildman–Crippen MR) is 52.4 cm³/mol. The van der Waals surface area contributed by atoms with Gasteiger partial charge in [-0.1, -0.05) is 0 Å². The first-order chi connectivity index (χ1) is 6.32. The molecule has 0 aliphatic carbocycles. The summed E-state index contributed by atoms with van der Waals surface area (Å²) in [6, 6.07) is 3.76. The van der Waals surface area contributed by atoms with E-state index in [1.165, 1.54) is 19.1 Å². The Bertz CT molecular complexity index is 485. The van der Waals surface area contributed by atoms with Crippen LogP contribution in [-0.4, -0.2) is 14.2 Å². The third-order valence-electron chi connectivity index (χ3n) is 1.67. The number of Topliss-reactive ketones (excluding diaryl/α,β-unsaturated/α-hetero) is 1. The fraction of sp³-hybridized carbons (Fsp3) is 0.125. The van der Waals surface area contributed by atoms with Gasteiger partial charge in [-0.05, 0) is 25.1 Å². The normalized spacial score (nSPS) is 10.5. The molecule has 0 unspecified atom stereocenters.